The molecule has 0 aliphatic rings. The minimum atomic E-state index is -6.97. The third-order valence-electron chi connectivity index (χ3n) is 1.78. The van der Waals surface area contributed by atoms with E-state index in [9.17, 15) is 43.9 Å². The smallest absolute Gasteiger partial charge is 0.223 e. The minimum absolute atomic E-state index is 3.89. The molecule has 18 heavy (non-hydrogen) atoms. The maximum absolute atomic E-state index is 12.6. The van der Waals surface area contributed by atoms with E-state index in [-0.39, 0.29) is 0 Å². The van der Waals surface area contributed by atoms with Gasteiger partial charge in [0.05, 0.1) is 0 Å². The highest BCUT2D eigenvalue weighted by atomic mass is 35.5. The Hall–Kier alpha value is -0.120. The van der Waals surface area contributed by atoms with E-state index in [1.807, 2.05) is 0 Å². The van der Waals surface area contributed by atoms with Crippen LogP contribution < -0.4 is 0 Å². The van der Waals surface area contributed by atoms with Gasteiger partial charge < -0.3 is 0 Å². The molecule has 0 rings (SSSR count). The normalized spacial score (nSPS) is 18.7. The Morgan fingerprint density at radius 2 is 0.722 bits per heavy atom. The van der Waals surface area contributed by atoms with Crippen molar-refractivity contribution < 1.29 is 43.9 Å². The lowest BCUT2D eigenvalue weighted by Gasteiger charge is -2.36. The molecule has 110 valence electrons. The molecule has 0 aromatic rings. The highest BCUT2D eigenvalue weighted by molar-refractivity contribution is 6.20. The molecule has 0 aliphatic carbocycles. The highest BCUT2D eigenvalue weighted by Gasteiger charge is 2.83. The maximum atomic E-state index is 12.6. The van der Waals surface area contributed by atoms with E-state index in [0.29, 0.717) is 0 Å². The molecular formula is C6H2Cl2F10. The van der Waals surface area contributed by atoms with Crippen LogP contribution in [0.3, 0.4) is 0 Å². The van der Waals surface area contributed by atoms with Gasteiger partial charge in [-0.25, -0.2) is 8.78 Å². The number of hydrogen-bond donors (Lipinski definition) is 0. The van der Waals surface area contributed by atoms with Crippen LogP contribution in [-0.4, -0.2) is 35.0 Å². The van der Waals surface area contributed by atoms with Crippen molar-refractivity contribution in [3.05, 3.63) is 0 Å². The predicted molar refractivity (Wildman–Crippen MR) is 41.3 cm³/mol. The molecule has 0 saturated heterocycles. The summed E-state index contributed by atoms with van der Waals surface area (Å²) >= 11 is 7.78. The lowest BCUT2D eigenvalue weighted by Crippen LogP contribution is -2.65. The first-order chi connectivity index (χ1) is 7.64. The van der Waals surface area contributed by atoms with Crippen LogP contribution in [0, 0.1) is 0 Å². The SMILES string of the molecule is FC(Cl)C(F)(F)C(F)(F)C(F)(F)C(F)(F)C(F)Cl. The second-order valence-electron chi connectivity index (χ2n) is 3.00. The number of rotatable bonds is 5. The average molecular weight is 335 g/mol. The van der Waals surface area contributed by atoms with Gasteiger partial charge in [-0.05, 0) is 0 Å². The van der Waals surface area contributed by atoms with Gasteiger partial charge in [-0.3, -0.25) is 0 Å². The zero-order valence-corrected chi connectivity index (χ0v) is 9.20. The topological polar surface area (TPSA) is 0 Å². The Labute approximate surface area is 103 Å². The lowest BCUT2D eigenvalue weighted by molar-refractivity contribution is -0.374. The summed E-state index contributed by atoms with van der Waals surface area (Å²) in [4.78, 5) is 0. The van der Waals surface area contributed by atoms with E-state index in [1.54, 1.807) is 0 Å². The summed E-state index contributed by atoms with van der Waals surface area (Å²) in [6.07, 6.45) is 0. The Morgan fingerprint density at radius 1 is 0.556 bits per heavy atom. The van der Waals surface area contributed by atoms with Gasteiger partial charge in [-0.2, -0.15) is 35.1 Å². The Morgan fingerprint density at radius 3 is 0.833 bits per heavy atom. The molecule has 0 amide bonds. The molecule has 0 spiro atoms. The van der Waals surface area contributed by atoms with Gasteiger partial charge in [0, 0.05) is 0 Å². The summed E-state index contributed by atoms with van der Waals surface area (Å²) in [6.45, 7) is 0. The first-order valence-corrected chi connectivity index (χ1v) is 4.58. The average Bonchev–Trinajstić information content (AvgIpc) is 2.15. The fraction of sp³-hybridized carbons (Fsp3) is 1.00. The molecule has 0 radical (unpaired) electrons. The van der Waals surface area contributed by atoms with Crippen LogP contribution in [0.1, 0.15) is 0 Å². The van der Waals surface area contributed by atoms with Crippen molar-refractivity contribution in [1.82, 2.24) is 0 Å². The van der Waals surface area contributed by atoms with Gasteiger partial charge >= 0.3 is 23.7 Å². The maximum Gasteiger partial charge on any atom is 0.382 e. The molecule has 0 heterocycles. The molecule has 0 nitrogen and oxygen atoms in total. The van der Waals surface area contributed by atoms with Gasteiger partial charge in [-0.15, -0.1) is 0 Å². The summed E-state index contributed by atoms with van der Waals surface area (Å²) in [6, 6.07) is 0. The number of hydrogen-bond acceptors (Lipinski definition) is 0. The van der Waals surface area contributed by atoms with Crippen molar-refractivity contribution in [3.63, 3.8) is 0 Å². The number of alkyl halides is 12. The zero-order chi connectivity index (χ0) is 15.2. The second-order valence-corrected chi connectivity index (χ2v) is 3.76. The van der Waals surface area contributed by atoms with Crippen LogP contribution in [0.25, 0.3) is 0 Å². The van der Waals surface area contributed by atoms with Gasteiger partial charge in [0.15, 0.2) is 0 Å². The fourth-order valence-electron chi connectivity index (χ4n) is 0.693. The Balaban J connectivity index is 5.74. The van der Waals surface area contributed by atoms with Crippen molar-refractivity contribution in [2.45, 2.75) is 35.0 Å². The molecular weight excluding hydrogens is 333 g/mol. The fourth-order valence-corrected chi connectivity index (χ4v) is 0.967. The highest BCUT2D eigenvalue weighted by Crippen LogP contribution is 2.56. The first-order valence-electron chi connectivity index (χ1n) is 3.71. The van der Waals surface area contributed by atoms with Crippen LogP contribution in [0.5, 0.6) is 0 Å². The Kier molecular flexibility index (Phi) is 4.74. The molecule has 2 atom stereocenters. The van der Waals surface area contributed by atoms with E-state index in [0.717, 1.165) is 0 Å². The van der Waals surface area contributed by atoms with Crippen molar-refractivity contribution in [1.29, 1.82) is 0 Å². The third kappa shape index (κ3) is 2.33. The molecule has 2 unspecified atom stereocenters. The lowest BCUT2D eigenvalue weighted by atomic mass is 10.00. The van der Waals surface area contributed by atoms with Crippen LogP contribution in [0.15, 0.2) is 0 Å². The molecule has 0 aliphatic heterocycles. The van der Waals surface area contributed by atoms with Crippen molar-refractivity contribution >= 4 is 23.2 Å². The molecule has 0 fully saturated rings. The summed E-state index contributed by atoms with van der Waals surface area (Å²) in [5.74, 6) is -26.7. The van der Waals surface area contributed by atoms with Crippen molar-refractivity contribution in [2.75, 3.05) is 0 Å². The van der Waals surface area contributed by atoms with E-state index >= 15 is 0 Å². The standard InChI is InChI=1S/C6H2Cl2F10/c7-1(9)3(11,12)5(15,16)6(17,18)4(13,14)2(8)10/h1-2H. The summed E-state index contributed by atoms with van der Waals surface area (Å²) in [7, 11) is 0. The monoisotopic (exact) mass is 334 g/mol. The first kappa shape index (κ1) is 17.9. The Bertz CT molecular complexity index is 269. The van der Waals surface area contributed by atoms with Gasteiger partial charge in [0.2, 0.25) is 11.3 Å². The molecule has 0 saturated carbocycles. The van der Waals surface area contributed by atoms with Crippen LogP contribution >= 0.6 is 23.2 Å². The minimum Gasteiger partial charge on any atom is -0.223 e. The van der Waals surface area contributed by atoms with Crippen LogP contribution in [-0.2, 0) is 0 Å². The molecule has 12 heteroatoms. The van der Waals surface area contributed by atoms with E-state index < -0.39 is 35.0 Å². The quantitative estimate of drug-likeness (QED) is 0.509. The molecule has 0 aromatic carbocycles. The van der Waals surface area contributed by atoms with E-state index in [1.165, 1.54) is 0 Å². The predicted octanol–water partition coefficient (Wildman–Crippen LogP) is 4.60. The molecule has 0 N–H and O–H groups in total. The van der Waals surface area contributed by atoms with Gasteiger partial charge in [0.25, 0.3) is 0 Å². The van der Waals surface area contributed by atoms with Gasteiger partial charge in [0.1, 0.15) is 0 Å². The molecule has 0 bridgehead atoms. The number of halogens is 12. The van der Waals surface area contributed by atoms with Crippen LogP contribution in [0.2, 0.25) is 0 Å². The van der Waals surface area contributed by atoms with E-state index in [2.05, 4.69) is 23.2 Å². The summed E-state index contributed by atoms with van der Waals surface area (Å²) in [5.41, 5.74) is -8.80. The van der Waals surface area contributed by atoms with E-state index in [4.69, 9.17) is 0 Å². The van der Waals surface area contributed by atoms with Crippen molar-refractivity contribution in [2.24, 2.45) is 0 Å². The van der Waals surface area contributed by atoms with Crippen molar-refractivity contribution in [3.8, 4) is 0 Å². The summed E-state index contributed by atoms with van der Waals surface area (Å²) < 4.78 is 124. The molecule has 0 aromatic heterocycles. The second kappa shape index (κ2) is 4.77. The largest absolute Gasteiger partial charge is 0.382 e. The zero-order valence-electron chi connectivity index (χ0n) is 7.69. The summed E-state index contributed by atoms with van der Waals surface area (Å²) in [5, 5.41) is 0. The third-order valence-corrected chi connectivity index (χ3v) is 2.33. The van der Waals surface area contributed by atoms with Crippen LogP contribution in [0.4, 0.5) is 43.9 Å². The van der Waals surface area contributed by atoms with Gasteiger partial charge in [-0.1, -0.05) is 23.2 Å².